The van der Waals surface area contributed by atoms with Crippen LogP contribution in [0.5, 0.6) is 0 Å². The molecule has 4 nitrogen and oxygen atoms in total. The summed E-state index contributed by atoms with van der Waals surface area (Å²) in [5.41, 5.74) is 7.59. The van der Waals surface area contributed by atoms with E-state index in [0.717, 1.165) is 24.2 Å². The van der Waals surface area contributed by atoms with Crippen LogP contribution in [-0.4, -0.2) is 26.5 Å². The molecule has 3 N–H and O–H groups in total. The summed E-state index contributed by atoms with van der Waals surface area (Å²) >= 11 is 0. The fraction of sp³-hybridized carbons (Fsp3) is 0.562. The fourth-order valence-corrected chi connectivity index (χ4v) is 2.15. The highest BCUT2D eigenvalue weighted by Crippen LogP contribution is 2.27. The van der Waals surface area contributed by atoms with Crippen LogP contribution in [0.2, 0.25) is 0 Å². The van der Waals surface area contributed by atoms with Gasteiger partial charge in [0.15, 0.2) is 0 Å². The van der Waals surface area contributed by atoms with Crippen molar-refractivity contribution < 1.29 is 4.79 Å². The van der Waals surface area contributed by atoms with Crippen LogP contribution in [0.4, 0.5) is 11.4 Å². The summed E-state index contributed by atoms with van der Waals surface area (Å²) in [5, 5.41) is 2.99. The molecule has 1 aromatic rings. The SMILES string of the molecule is CN(C)c1ccccc1NC(=O)CCC(C)(C)CCN. The molecule has 1 aromatic carbocycles. The Hall–Kier alpha value is -1.55. The van der Waals surface area contributed by atoms with Crippen molar-refractivity contribution in [3.63, 3.8) is 0 Å². The van der Waals surface area contributed by atoms with E-state index >= 15 is 0 Å². The number of nitrogens with two attached hydrogens (primary N) is 1. The number of amides is 1. The monoisotopic (exact) mass is 277 g/mol. The van der Waals surface area contributed by atoms with Gasteiger partial charge < -0.3 is 16.0 Å². The molecule has 0 bridgehead atoms. The van der Waals surface area contributed by atoms with Crippen molar-refractivity contribution >= 4 is 17.3 Å². The molecule has 0 atom stereocenters. The maximum Gasteiger partial charge on any atom is 0.224 e. The third-order valence-corrected chi connectivity index (χ3v) is 3.51. The molecule has 112 valence electrons. The van der Waals surface area contributed by atoms with E-state index < -0.39 is 0 Å². The first-order valence-electron chi connectivity index (χ1n) is 7.12. The highest BCUT2D eigenvalue weighted by molar-refractivity contribution is 5.94. The number of carbonyl (C=O) groups is 1. The number of benzene rings is 1. The van der Waals surface area contributed by atoms with Crippen molar-refractivity contribution in [1.82, 2.24) is 0 Å². The molecule has 0 fully saturated rings. The van der Waals surface area contributed by atoms with E-state index in [4.69, 9.17) is 5.73 Å². The summed E-state index contributed by atoms with van der Waals surface area (Å²) in [6.45, 7) is 4.97. The molecule has 0 aliphatic rings. The van der Waals surface area contributed by atoms with Gasteiger partial charge in [0, 0.05) is 20.5 Å². The standard InChI is InChI=1S/C16H27N3O/c1-16(2,11-12-17)10-9-15(20)18-13-7-5-6-8-14(13)19(3)4/h5-8H,9-12,17H2,1-4H3,(H,18,20). The van der Waals surface area contributed by atoms with E-state index in [1.165, 1.54) is 0 Å². The summed E-state index contributed by atoms with van der Waals surface area (Å²) in [5.74, 6) is 0.0596. The highest BCUT2D eigenvalue weighted by Gasteiger charge is 2.18. The molecule has 0 spiro atoms. The van der Waals surface area contributed by atoms with Gasteiger partial charge in [-0.05, 0) is 36.9 Å². The Balaban J connectivity index is 2.59. The lowest BCUT2D eigenvalue weighted by atomic mass is 9.84. The number of hydrogen-bond donors (Lipinski definition) is 2. The zero-order chi connectivity index (χ0) is 15.2. The predicted octanol–water partition coefficient (Wildman–Crippen LogP) is 2.85. The molecular weight excluding hydrogens is 250 g/mol. The van der Waals surface area contributed by atoms with Crippen LogP contribution in [0.1, 0.15) is 33.1 Å². The first-order valence-corrected chi connectivity index (χ1v) is 7.12. The summed E-state index contributed by atoms with van der Waals surface area (Å²) in [7, 11) is 3.94. The van der Waals surface area contributed by atoms with E-state index in [1.807, 2.05) is 43.3 Å². The summed E-state index contributed by atoms with van der Waals surface area (Å²) in [4.78, 5) is 14.1. The topological polar surface area (TPSA) is 58.4 Å². The molecule has 20 heavy (non-hydrogen) atoms. The van der Waals surface area contributed by atoms with Crippen LogP contribution < -0.4 is 16.0 Å². The second-order valence-corrected chi connectivity index (χ2v) is 6.16. The van der Waals surface area contributed by atoms with Gasteiger partial charge in [0.25, 0.3) is 0 Å². The van der Waals surface area contributed by atoms with Crippen LogP contribution in [0.15, 0.2) is 24.3 Å². The maximum atomic E-state index is 12.1. The molecule has 0 heterocycles. The Morgan fingerprint density at radius 3 is 2.50 bits per heavy atom. The number of rotatable bonds is 7. The quantitative estimate of drug-likeness (QED) is 0.805. The van der Waals surface area contributed by atoms with Crippen LogP contribution in [0, 0.1) is 5.41 Å². The van der Waals surface area contributed by atoms with E-state index in [0.29, 0.717) is 13.0 Å². The largest absolute Gasteiger partial charge is 0.376 e. The van der Waals surface area contributed by atoms with Gasteiger partial charge in [0.2, 0.25) is 5.91 Å². The van der Waals surface area contributed by atoms with E-state index in [1.54, 1.807) is 0 Å². The van der Waals surface area contributed by atoms with Crippen LogP contribution in [0.25, 0.3) is 0 Å². The fourth-order valence-electron chi connectivity index (χ4n) is 2.15. The van der Waals surface area contributed by atoms with Gasteiger partial charge in [0.1, 0.15) is 0 Å². The Morgan fingerprint density at radius 1 is 1.25 bits per heavy atom. The van der Waals surface area contributed by atoms with Crippen molar-refractivity contribution in [3.8, 4) is 0 Å². The van der Waals surface area contributed by atoms with Gasteiger partial charge in [-0.3, -0.25) is 4.79 Å². The summed E-state index contributed by atoms with van der Waals surface area (Å²) in [6.07, 6.45) is 2.31. The molecule has 4 heteroatoms. The predicted molar refractivity (Wildman–Crippen MR) is 86.1 cm³/mol. The third-order valence-electron chi connectivity index (χ3n) is 3.51. The number of para-hydroxylation sites is 2. The lowest BCUT2D eigenvalue weighted by Crippen LogP contribution is -2.21. The number of carbonyl (C=O) groups excluding carboxylic acids is 1. The first kappa shape index (κ1) is 16.5. The Morgan fingerprint density at radius 2 is 1.90 bits per heavy atom. The summed E-state index contributed by atoms with van der Waals surface area (Å²) < 4.78 is 0. The highest BCUT2D eigenvalue weighted by atomic mass is 16.1. The normalized spacial score (nSPS) is 11.2. The van der Waals surface area contributed by atoms with Gasteiger partial charge in [-0.25, -0.2) is 0 Å². The van der Waals surface area contributed by atoms with Crippen LogP contribution in [0.3, 0.4) is 0 Å². The molecule has 1 rings (SSSR count). The van der Waals surface area contributed by atoms with Crippen molar-refractivity contribution in [2.45, 2.75) is 33.1 Å². The third kappa shape index (κ3) is 5.21. The number of nitrogens with one attached hydrogen (secondary N) is 1. The second-order valence-electron chi connectivity index (χ2n) is 6.16. The molecule has 0 aliphatic carbocycles. The van der Waals surface area contributed by atoms with Gasteiger partial charge in [0.05, 0.1) is 11.4 Å². The molecule has 1 amide bonds. The second kappa shape index (κ2) is 7.29. The lowest BCUT2D eigenvalue weighted by Gasteiger charge is -2.23. The van der Waals surface area contributed by atoms with Gasteiger partial charge in [-0.1, -0.05) is 26.0 Å². The molecule has 0 aromatic heterocycles. The average Bonchev–Trinajstić information content (AvgIpc) is 2.37. The molecule has 0 aliphatic heterocycles. The molecule has 0 saturated carbocycles. The first-order chi connectivity index (χ1) is 9.35. The Bertz CT molecular complexity index is 441. The van der Waals surface area contributed by atoms with Crippen LogP contribution >= 0.6 is 0 Å². The Kier molecular flexibility index (Phi) is 6.02. The summed E-state index contributed by atoms with van der Waals surface area (Å²) in [6, 6.07) is 7.82. The van der Waals surface area contributed by atoms with E-state index in [2.05, 4.69) is 19.2 Å². The van der Waals surface area contributed by atoms with Crippen molar-refractivity contribution in [2.75, 3.05) is 30.9 Å². The number of nitrogens with zero attached hydrogens (tertiary/aromatic N) is 1. The molecule has 0 unspecified atom stereocenters. The van der Waals surface area contributed by atoms with Gasteiger partial charge in [-0.2, -0.15) is 0 Å². The van der Waals surface area contributed by atoms with Gasteiger partial charge in [-0.15, -0.1) is 0 Å². The zero-order valence-electron chi connectivity index (χ0n) is 13.1. The zero-order valence-corrected chi connectivity index (χ0v) is 13.1. The van der Waals surface area contributed by atoms with Crippen LogP contribution in [-0.2, 0) is 4.79 Å². The minimum atomic E-state index is 0.0596. The van der Waals surface area contributed by atoms with Crippen molar-refractivity contribution in [3.05, 3.63) is 24.3 Å². The molecule has 0 radical (unpaired) electrons. The van der Waals surface area contributed by atoms with Gasteiger partial charge >= 0.3 is 0 Å². The molecular formula is C16H27N3O. The minimum Gasteiger partial charge on any atom is -0.376 e. The number of anilines is 2. The van der Waals surface area contributed by atoms with E-state index in [9.17, 15) is 4.79 Å². The maximum absolute atomic E-state index is 12.1. The van der Waals surface area contributed by atoms with Crippen molar-refractivity contribution in [2.24, 2.45) is 11.1 Å². The smallest absolute Gasteiger partial charge is 0.224 e. The minimum absolute atomic E-state index is 0.0596. The average molecular weight is 277 g/mol. The lowest BCUT2D eigenvalue weighted by molar-refractivity contribution is -0.116. The molecule has 0 saturated heterocycles. The van der Waals surface area contributed by atoms with Crippen molar-refractivity contribution in [1.29, 1.82) is 0 Å². The number of hydrogen-bond acceptors (Lipinski definition) is 3. The van der Waals surface area contributed by atoms with E-state index in [-0.39, 0.29) is 11.3 Å². The Labute approximate surface area is 122 Å².